The minimum absolute atomic E-state index is 0.101. The number of esters is 4. The van der Waals surface area contributed by atoms with Gasteiger partial charge in [0.15, 0.2) is 12.2 Å². The van der Waals surface area contributed by atoms with E-state index < -0.39 is 97.5 Å². The van der Waals surface area contributed by atoms with Crippen LogP contribution in [-0.2, 0) is 65.4 Å². The summed E-state index contributed by atoms with van der Waals surface area (Å²) >= 11 is 0. The molecule has 0 heterocycles. The predicted octanol–water partition coefficient (Wildman–Crippen LogP) is 23.1. The molecule has 3 N–H and O–H groups in total. The molecular weight excluding hydrogens is 1280 g/mol. The van der Waals surface area contributed by atoms with Crippen LogP contribution in [0.1, 0.15) is 388 Å². The number of rotatable bonds is 76. The molecule has 0 saturated carbocycles. The third-order valence-corrected chi connectivity index (χ3v) is 19.7. The third kappa shape index (κ3) is 71.9. The first-order valence-electron chi connectivity index (χ1n) is 40.3. The van der Waals surface area contributed by atoms with Crippen LogP contribution in [0.25, 0.3) is 0 Å². The van der Waals surface area contributed by atoms with Crippen molar-refractivity contribution in [1.82, 2.24) is 0 Å². The molecule has 0 fully saturated rings. The number of aliphatic hydroxyl groups excluding tert-OH is 1. The summed E-state index contributed by atoms with van der Waals surface area (Å²) in [5.41, 5.74) is 0. The molecule has 0 radical (unpaired) electrons. The molecule has 0 aliphatic carbocycles. The van der Waals surface area contributed by atoms with Gasteiger partial charge in [0, 0.05) is 25.7 Å². The fourth-order valence-electron chi connectivity index (χ4n) is 11.6. The maximum Gasteiger partial charge on any atom is 0.472 e. The van der Waals surface area contributed by atoms with E-state index in [9.17, 15) is 43.2 Å². The number of carbonyl (C=O) groups is 4. The van der Waals surface area contributed by atoms with Crippen LogP contribution in [0.15, 0.2) is 24.3 Å². The van der Waals surface area contributed by atoms with Crippen LogP contribution >= 0.6 is 15.6 Å². The zero-order chi connectivity index (χ0) is 72.1. The van der Waals surface area contributed by atoms with Gasteiger partial charge in [-0.3, -0.25) is 37.3 Å². The topological polar surface area (TPSA) is 237 Å². The van der Waals surface area contributed by atoms with Gasteiger partial charge in [-0.15, -0.1) is 0 Å². The summed E-state index contributed by atoms with van der Waals surface area (Å²) in [5, 5.41) is 10.6. The highest BCUT2D eigenvalue weighted by atomic mass is 31.2. The predicted molar refractivity (Wildman–Crippen MR) is 400 cm³/mol. The van der Waals surface area contributed by atoms with Gasteiger partial charge < -0.3 is 33.8 Å². The zero-order valence-electron chi connectivity index (χ0n) is 63.6. The summed E-state index contributed by atoms with van der Waals surface area (Å²) in [4.78, 5) is 72.9. The van der Waals surface area contributed by atoms with E-state index in [2.05, 4.69) is 65.8 Å². The highest BCUT2D eigenvalue weighted by Crippen LogP contribution is 2.45. The van der Waals surface area contributed by atoms with Crippen molar-refractivity contribution >= 4 is 39.5 Å². The number of aliphatic hydroxyl groups is 1. The second kappa shape index (κ2) is 70.2. The third-order valence-electron chi connectivity index (χ3n) is 17.8. The number of phosphoric acid groups is 2. The van der Waals surface area contributed by atoms with Crippen molar-refractivity contribution in [3.05, 3.63) is 24.3 Å². The van der Waals surface area contributed by atoms with Crippen LogP contribution in [0.3, 0.4) is 0 Å². The van der Waals surface area contributed by atoms with Crippen molar-refractivity contribution in [1.29, 1.82) is 0 Å². The zero-order valence-corrected chi connectivity index (χ0v) is 65.4. The van der Waals surface area contributed by atoms with Crippen molar-refractivity contribution in [2.75, 3.05) is 39.6 Å². The summed E-state index contributed by atoms with van der Waals surface area (Å²) in [6.07, 6.45) is 62.0. The summed E-state index contributed by atoms with van der Waals surface area (Å²) in [7, 11) is -9.93. The lowest BCUT2D eigenvalue weighted by molar-refractivity contribution is -0.161. The second-order valence-corrected chi connectivity index (χ2v) is 31.6. The van der Waals surface area contributed by atoms with Crippen LogP contribution in [-0.4, -0.2) is 96.7 Å². The number of phosphoric ester groups is 2. The van der Waals surface area contributed by atoms with Crippen LogP contribution in [0.4, 0.5) is 0 Å². The van der Waals surface area contributed by atoms with Gasteiger partial charge in [-0.1, -0.05) is 336 Å². The molecule has 0 bridgehead atoms. The maximum atomic E-state index is 13.1. The van der Waals surface area contributed by atoms with E-state index in [1.165, 1.54) is 180 Å². The lowest BCUT2D eigenvalue weighted by atomic mass is 10.0. The van der Waals surface area contributed by atoms with Gasteiger partial charge in [0.05, 0.1) is 26.4 Å². The van der Waals surface area contributed by atoms with E-state index in [0.717, 1.165) is 121 Å². The molecule has 2 unspecified atom stereocenters. The van der Waals surface area contributed by atoms with E-state index in [4.69, 9.17) is 37.0 Å². The summed E-state index contributed by atoms with van der Waals surface area (Å²) < 4.78 is 68.6. The molecule has 0 spiro atoms. The van der Waals surface area contributed by atoms with Gasteiger partial charge in [0.2, 0.25) is 0 Å². The first kappa shape index (κ1) is 95.5. The minimum Gasteiger partial charge on any atom is -0.462 e. The number of hydrogen-bond donors (Lipinski definition) is 3. The molecule has 0 aliphatic heterocycles. The van der Waals surface area contributed by atoms with E-state index in [1.807, 2.05) is 0 Å². The average Bonchev–Trinajstić information content (AvgIpc) is 0.940. The standard InChI is InChI=1S/C79H150O17P2/c1-7-9-11-13-15-17-19-21-25-30-34-38-42-49-55-61-76(81)89-67-74(95-78(83)63-58-52-44-40-36-32-28-24-23-27-29-33-37-41-47-53-59-71(3)4)69-93-97(85,86)91-65-73(80)66-92-98(87,88)94-70-75(68-90-77(82)62-56-50-46-45-48-54-60-72(5)6)96-79(84)64-57-51-43-39-35-31-26-22-20-18-16-14-12-10-8-2/h17,19,21,25,71-75,80H,7-16,18,20,22-24,26-70H2,1-6H3,(H,85,86)(H,87,88)/b19-17-,25-21-/t73-,74-,75-/m1/s1. The molecule has 0 aromatic heterocycles. The van der Waals surface area contributed by atoms with Crippen molar-refractivity contribution in [2.24, 2.45) is 11.8 Å². The SMILES string of the molecule is CCCCCC/C=C\C=C/CCCCCCCC(=O)OC[C@H](COP(=O)(O)OC[C@@H](O)COP(=O)(O)OC[C@@H](COC(=O)CCCCCCCCC(C)C)OC(=O)CCCCCCCCCCCCCCCCC)OC(=O)CCCCCCCCCCCCCCCCCCC(C)C. The molecule has 0 aromatic rings. The first-order valence-corrected chi connectivity index (χ1v) is 43.3. The van der Waals surface area contributed by atoms with E-state index in [1.54, 1.807) is 0 Å². The Morgan fingerprint density at radius 1 is 0.316 bits per heavy atom. The molecule has 5 atom stereocenters. The Balaban J connectivity index is 5.26. The molecule has 0 aliphatic rings. The Kier molecular flexibility index (Phi) is 68.5. The van der Waals surface area contributed by atoms with Gasteiger partial charge >= 0.3 is 39.5 Å². The molecule has 17 nitrogen and oxygen atoms in total. The Bertz CT molecular complexity index is 1980. The highest BCUT2D eigenvalue weighted by Gasteiger charge is 2.30. The molecule has 0 rings (SSSR count). The second-order valence-electron chi connectivity index (χ2n) is 28.7. The van der Waals surface area contributed by atoms with E-state index in [-0.39, 0.29) is 25.7 Å². The minimum atomic E-state index is -4.97. The molecular formula is C79H150O17P2. The van der Waals surface area contributed by atoms with Gasteiger partial charge in [-0.2, -0.15) is 0 Å². The number of carbonyl (C=O) groups excluding carboxylic acids is 4. The Hall–Kier alpha value is -2.46. The fourth-order valence-corrected chi connectivity index (χ4v) is 13.2. The molecule has 0 saturated heterocycles. The summed E-state index contributed by atoms with van der Waals surface area (Å²) in [5.74, 6) is -0.658. The van der Waals surface area contributed by atoms with Crippen LogP contribution in [0, 0.1) is 11.8 Å². The van der Waals surface area contributed by atoms with Crippen LogP contribution in [0.5, 0.6) is 0 Å². The Labute approximate surface area is 599 Å². The lowest BCUT2D eigenvalue weighted by Gasteiger charge is -2.21. The maximum absolute atomic E-state index is 13.1. The number of unbranched alkanes of at least 4 members (excludes halogenated alkanes) is 43. The Morgan fingerprint density at radius 2 is 0.551 bits per heavy atom. The van der Waals surface area contributed by atoms with Crippen LogP contribution < -0.4 is 0 Å². The lowest BCUT2D eigenvalue weighted by Crippen LogP contribution is -2.30. The number of hydrogen-bond acceptors (Lipinski definition) is 15. The van der Waals surface area contributed by atoms with Crippen LogP contribution in [0.2, 0.25) is 0 Å². The van der Waals surface area contributed by atoms with Crippen molar-refractivity contribution in [3.8, 4) is 0 Å². The summed E-state index contributed by atoms with van der Waals surface area (Å²) in [6, 6.07) is 0. The van der Waals surface area contributed by atoms with Crippen molar-refractivity contribution in [3.63, 3.8) is 0 Å². The van der Waals surface area contributed by atoms with Gasteiger partial charge in [-0.25, -0.2) is 9.13 Å². The van der Waals surface area contributed by atoms with Crippen molar-refractivity contribution in [2.45, 2.75) is 407 Å². The number of allylic oxidation sites excluding steroid dienone is 4. The summed E-state index contributed by atoms with van der Waals surface area (Å²) in [6.45, 7) is 9.50. The van der Waals surface area contributed by atoms with Gasteiger partial charge in [-0.05, 0) is 63.2 Å². The fraction of sp³-hybridized carbons (Fsp3) is 0.899. The molecule has 0 aromatic carbocycles. The quantitative estimate of drug-likeness (QED) is 0.0169. The normalized spacial score (nSPS) is 14.1. The van der Waals surface area contributed by atoms with Gasteiger partial charge in [0.1, 0.15) is 19.3 Å². The molecule has 0 amide bonds. The molecule has 19 heteroatoms. The van der Waals surface area contributed by atoms with Gasteiger partial charge in [0.25, 0.3) is 0 Å². The van der Waals surface area contributed by atoms with E-state index in [0.29, 0.717) is 31.6 Å². The highest BCUT2D eigenvalue weighted by molar-refractivity contribution is 7.47. The average molecular weight is 1430 g/mol. The molecule has 98 heavy (non-hydrogen) atoms. The van der Waals surface area contributed by atoms with E-state index >= 15 is 0 Å². The number of ether oxygens (including phenoxy) is 4. The largest absolute Gasteiger partial charge is 0.472 e. The van der Waals surface area contributed by atoms with Crippen molar-refractivity contribution < 1.29 is 80.2 Å². The first-order chi connectivity index (χ1) is 47.4. The smallest absolute Gasteiger partial charge is 0.462 e. The Morgan fingerprint density at radius 3 is 0.837 bits per heavy atom. The monoisotopic (exact) mass is 1430 g/mol. The molecule has 578 valence electrons.